The summed E-state index contributed by atoms with van der Waals surface area (Å²) >= 11 is 0. The Hall–Kier alpha value is -4.72. The molecule has 0 aliphatic heterocycles. The third-order valence-corrected chi connectivity index (χ3v) is 8.39. The molecular weight excluding hydrogens is 600 g/mol. The Balaban J connectivity index is 1.83. The Morgan fingerprint density at radius 2 is 0.521 bits per heavy atom. The van der Waals surface area contributed by atoms with Crippen LogP contribution in [0.5, 0.6) is 23.0 Å². The number of rotatable bonds is 12. The minimum Gasteiger partial charge on any atom is -0.493 e. The number of fused-ring (bicyclic) bond motifs is 8. The molecule has 0 unspecified atom stereocenters. The van der Waals surface area contributed by atoms with Crippen molar-refractivity contribution in [3.05, 3.63) is 93.0 Å². The highest BCUT2D eigenvalue weighted by Crippen LogP contribution is 2.41. The lowest BCUT2D eigenvalue weighted by Gasteiger charge is -2.24. The van der Waals surface area contributed by atoms with Crippen molar-refractivity contribution in [2.24, 2.45) is 0 Å². The van der Waals surface area contributed by atoms with Gasteiger partial charge in [0.1, 0.15) is 23.0 Å². The number of ether oxygens (including phenoxy) is 4. The smallest absolute Gasteiger partial charge is 0.126 e. The van der Waals surface area contributed by atoms with Crippen LogP contribution in [-0.4, -0.2) is 26.4 Å². The van der Waals surface area contributed by atoms with Gasteiger partial charge in [0, 0.05) is 92.9 Å². The lowest BCUT2D eigenvalue weighted by Crippen LogP contribution is -2.11. The molecule has 0 saturated carbocycles. The van der Waals surface area contributed by atoms with E-state index < -0.39 is 0 Å². The topological polar surface area (TPSA) is 141 Å². The molecule has 8 heteroatoms. The first-order valence-corrected chi connectivity index (χ1v) is 17.4. The number of hydrogen-bond acceptors (Lipinski definition) is 8. The summed E-state index contributed by atoms with van der Waals surface area (Å²) < 4.78 is 26.1. The molecule has 0 radical (unpaired) electrons. The molecule has 48 heavy (non-hydrogen) atoms. The van der Waals surface area contributed by atoms with Gasteiger partial charge in [-0.3, -0.25) is 0 Å². The molecule has 1 aliphatic carbocycles. The molecule has 8 nitrogen and oxygen atoms in total. The number of hydrogen-bond donors (Lipinski definition) is 4. The second kappa shape index (κ2) is 15.9. The third kappa shape index (κ3) is 8.04. The lowest BCUT2D eigenvalue weighted by atomic mass is 9.90. The van der Waals surface area contributed by atoms with Crippen LogP contribution in [0.1, 0.15) is 97.9 Å². The minimum absolute atomic E-state index is 0.525. The van der Waals surface area contributed by atoms with Gasteiger partial charge in [-0.1, -0.05) is 27.7 Å². The van der Waals surface area contributed by atoms with Gasteiger partial charge in [-0.15, -0.1) is 0 Å². The van der Waals surface area contributed by atoms with E-state index in [-0.39, 0.29) is 0 Å². The summed E-state index contributed by atoms with van der Waals surface area (Å²) in [5.41, 5.74) is 36.9. The van der Waals surface area contributed by atoms with E-state index in [1.165, 1.54) is 0 Å². The molecule has 5 rings (SSSR count). The minimum atomic E-state index is 0.525. The predicted molar refractivity (Wildman–Crippen MR) is 198 cm³/mol. The van der Waals surface area contributed by atoms with E-state index in [0.717, 1.165) is 93.2 Å². The number of anilines is 4. The van der Waals surface area contributed by atoms with Crippen LogP contribution >= 0.6 is 0 Å². The summed E-state index contributed by atoms with van der Waals surface area (Å²) in [7, 11) is 0. The molecule has 256 valence electrons. The molecule has 1 aliphatic rings. The summed E-state index contributed by atoms with van der Waals surface area (Å²) in [6.45, 7) is 10.7. The second-order valence-electron chi connectivity index (χ2n) is 12.8. The standard InChI is InChI=1S/C40H52N4O4/c1-5-9-45-37-25-13-27-19-34(42)21-29(38(27)46-10-6-2)15-31-23-36(44)24-32(40(31)48-12-8-4)16-30-22-35(43)20-28(39(30)47-11-7-3)14-26(37)18-33(41)17-25/h17-24H,5-16,41-44H2,1-4H3. The van der Waals surface area contributed by atoms with Gasteiger partial charge in [0.2, 0.25) is 0 Å². The Morgan fingerprint density at radius 1 is 0.354 bits per heavy atom. The Kier molecular flexibility index (Phi) is 11.5. The van der Waals surface area contributed by atoms with Crippen LogP contribution in [0, 0.1) is 0 Å². The van der Waals surface area contributed by atoms with Gasteiger partial charge in [0.05, 0.1) is 26.4 Å². The van der Waals surface area contributed by atoms with Crippen LogP contribution in [0.3, 0.4) is 0 Å². The predicted octanol–water partition coefficient (Wildman–Crippen LogP) is 7.85. The molecule has 0 atom stereocenters. The Labute approximate surface area is 285 Å². The third-order valence-electron chi connectivity index (χ3n) is 8.39. The normalized spacial score (nSPS) is 12.4. The molecule has 8 bridgehead atoms. The van der Waals surface area contributed by atoms with Gasteiger partial charge < -0.3 is 41.9 Å². The van der Waals surface area contributed by atoms with Crippen LogP contribution in [0.25, 0.3) is 0 Å². The maximum absolute atomic E-state index is 6.62. The highest BCUT2D eigenvalue weighted by Gasteiger charge is 2.23. The average molecular weight is 653 g/mol. The maximum atomic E-state index is 6.62. The van der Waals surface area contributed by atoms with Crippen LogP contribution in [0.4, 0.5) is 22.7 Å². The molecule has 0 heterocycles. The van der Waals surface area contributed by atoms with Crippen molar-refractivity contribution < 1.29 is 18.9 Å². The SMILES string of the molecule is CCCOc1c2cc(N)cc1Cc1cc(N)cc(c1OCCC)Cc1cc(N)cc(c1OCCC)Cc1cc(N)cc(c1OCCC)C2. The summed E-state index contributed by atoms with van der Waals surface area (Å²) in [6, 6.07) is 16.0. The second-order valence-corrected chi connectivity index (χ2v) is 12.8. The lowest BCUT2D eigenvalue weighted by molar-refractivity contribution is 0.305. The maximum Gasteiger partial charge on any atom is 0.126 e. The first-order chi connectivity index (χ1) is 23.2. The molecular formula is C40H52N4O4. The number of nitrogens with two attached hydrogens (primary N) is 4. The van der Waals surface area contributed by atoms with E-state index in [9.17, 15) is 0 Å². The van der Waals surface area contributed by atoms with Crippen LogP contribution in [0.2, 0.25) is 0 Å². The van der Waals surface area contributed by atoms with Crippen molar-refractivity contribution in [3.63, 3.8) is 0 Å². The zero-order valence-corrected chi connectivity index (χ0v) is 29.0. The first kappa shape index (κ1) is 34.6. The van der Waals surface area contributed by atoms with Crippen LogP contribution < -0.4 is 41.9 Å². The van der Waals surface area contributed by atoms with Crippen LogP contribution in [-0.2, 0) is 25.7 Å². The molecule has 0 saturated heterocycles. The average Bonchev–Trinajstić information content (AvgIpc) is 3.03. The van der Waals surface area contributed by atoms with Gasteiger partial charge in [0.15, 0.2) is 0 Å². The van der Waals surface area contributed by atoms with Gasteiger partial charge in [0.25, 0.3) is 0 Å². The van der Waals surface area contributed by atoms with E-state index in [1.54, 1.807) is 0 Å². The fourth-order valence-electron chi connectivity index (χ4n) is 6.55. The quantitative estimate of drug-likeness (QED) is 0.0999. The molecule has 0 fully saturated rings. The fraction of sp³-hybridized carbons (Fsp3) is 0.400. The van der Waals surface area contributed by atoms with Crippen molar-refractivity contribution in [1.29, 1.82) is 0 Å². The summed E-state index contributed by atoms with van der Waals surface area (Å²) in [4.78, 5) is 0. The summed E-state index contributed by atoms with van der Waals surface area (Å²) in [5.74, 6) is 3.29. The largest absolute Gasteiger partial charge is 0.493 e. The number of nitrogen functional groups attached to an aromatic ring is 4. The van der Waals surface area contributed by atoms with Crippen LogP contribution in [0.15, 0.2) is 48.5 Å². The first-order valence-electron chi connectivity index (χ1n) is 17.4. The monoisotopic (exact) mass is 652 g/mol. The molecule has 0 spiro atoms. The Morgan fingerprint density at radius 3 is 0.667 bits per heavy atom. The molecule has 0 amide bonds. The van der Waals surface area contributed by atoms with Gasteiger partial charge in [-0.25, -0.2) is 0 Å². The van der Waals surface area contributed by atoms with Crippen molar-refractivity contribution in [1.82, 2.24) is 0 Å². The molecule has 8 N–H and O–H groups in total. The van der Waals surface area contributed by atoms with Crippen molar-refractivity contribution in [2.45, 2.75) is 79.1 Å². The van der Waals surface area contributed by atoms with Gasteiger partial charge >= 0.3 is 0 Å². The van der Waals surface area contributed by atoms with Crippen molar-refractivity contribution in [3.8, 4) is 23.0 Å². The van der Waals surface area contributed by atoms with E-state index in [1.807, 2.05) is 48.5 Å². The molecule has 4 aromatic carbocycles. The Bertz CT molecular complexity index is 1390. The van der Waals surface area contributed by atoms with E-state index >= 15 is 0 Å². The van der Waals surface area contributed by atoms with Gasteiger partial charge in [-0.2, -0.15) is 0 Å². The van der Waals surface area contributed by atoms with Crippen molar-refractivity contribution in [2.75, 3.05) is 49.4 Å². The zero-order valence-electron chi connectivity index (χ0n) is 29.0. The fourth-order valence-corrected chi connectivity index (χ4v) is 6.55. The molecule has 4 aromatic rings. The number of benzene rings is 4. The summed E-state index contributed by atoms with van der Waals surface area (Å²) in [5, 5.41) is 0. The molecule has 0 aromatic heterocycles. The zero-order chi connectivity index (χ0) is 34.2. The highest BCUT2D eigenvalue weighted by atomic mass is 16.5. The summed E-state index contributed by atoms with van der Waals surface area (Å²) in [6.07, 6.45) is 5.57. The van der Waals surface area contributed by atoms with E-state index in [0.29, 0.717) is 74.9 Å². The van der Waals surface area contributed by atoms with Crippen molar-refractivity contribution >= 4 is 22.7 Å². The highest BCUT2D eigenvalue weighted by molar-refractivity contribution is 5.64. The van der Waals surface area contributed by atoms with E-state index in [2.05, 4.69) is 27.7 Å². The van der Waals surface area contributed by atoms with E-state index in [4.69, 9.17) is 41.9 Å². The van der Waals surface area contributed by atoms with Gasteiger partial charge in [-0.05, 0) is 74.2 Å².